The smallest absolute Gasteiger partial charge is 0.211 e. The lowest BCUT2D eigenvalue weighted by molar-refractivity contribution is 0.188. The number of nitrogens with two attached hydrogens (primary N) is 2. The lowest BCUT2D eigenvalue weighted by Gasteiger charge is -2.33. The zero-order chi connectivity index (χ0) is 62.7. The van der Waals surface area contributed by atoms with Gasteiger partial charge in [0, 0.05) is 174 Å². The Labute approximate surface area is 507 Å². The fourth-order valence-electron chi connectivity index (χ4n) is 8.45. The summed E-state index contributed by atoms with van der Waals surface area (Å²) in [5.41, 5.74) is 11.9. The molecule has 5 aliphatic rings. The van der Waals surface area contributed by atoms with Crippen LogP contribution in [0.3, 0.4) is 0 Å². The van der Waals surface area contributed by atoms with Crippen LogP contribution in [0.2, 0.25) is 10.2 Å². The fourth-order valence-corrected chi connectivity index (χ4v) is 13.0. The number of benzene rings is 1. The van der Waals surface area contributed by atoms with Crippen molar-refractivity contribution in [3.63, 3.8) is 0 Å². The number of rotatable bonds is 17. The molecule has 0 bridgehead atoms. The molecule has 0 amide bonds. The summed E-state index contributed by atoms with van der Waals surface area (Å²) in [6, 6.07) is 13.4. The maximum atomic E-state index is 11.2. The minimum atomic E-state index is -3.03. The van der Waals surface area contributed by atoms with Gasteiger partial charge in [0.05, 0.1) is 43.4 Å². The van der Waals surface area contributed by atoms with Crippen LogP contribution in [0, 0.1) is 22.7 Å². The second-order valence-electron chi connectivity index (χ2n) is 19.6. The average Bonchev–Trinajstić information content (AvgIpc) is 3.47. The molecule has 7 rings (SSSR count). The predicted octanol–water partition coefficient (Wildman–Crippen LogP) is -0.193. The molecule has 0 aliphatic carbocycles. The number of halogens is 2. The highest BCUT2D eigenvalue weighted by Crippen LogP contribution is 2.14. The van der Waals surface area contributed by atoms with E-state index in [-0.39, 0.29) is 0 Å². The third kappa shape index (κ3) is 35.3. The number of piperazine rings is 5. The molecule has 5 N–H and O–H groups in total. The zero-order valence-corrected chi connectivity index (χ0v) is 54.7. The monoisotopic (exact) mass is 1310 g/mol. The second-order valence-corrected chi connectivity index (χ2v) is 30.4. The first-order chi connectivity index (χ1) is 39.0. The standard InChI is InChI=1S/C11H8Cl2N2.2C8H19N3O2S.2C8H15N3O2S.C5H12N2O2S.C2H4/c12-9-3-1-2-8(6-9)7-11-14-5-4-10(13)15-11;4*1-14(12,13)11-7-5-10(6-8-11)4-2-3-9;1-10(8,9)7-4-2-6-3-5-7;1-2/h1-6H,7H2;2*2-9H2,1H3;2*2,4-8H2,1H3;6H,2-5H2,1H3;1-2H2. The molecule has 26 nitrogen and oxygen atoms in total. The van der Waals surface area contributed by atoms with Crippen molar-refractivity contribution < 1.29 is 42.1 Å². The van der Waals surface area contributed by atoms with Crippen LogP contribution in [0.15, 0.2) is 49.7 Å². The van der Waals surface area contributed by atoms with E-state index in [1.165, 1.54) is 52.8 Å². The summed E-state index contributed by atoms with van der Waals surface area (Å²) >= 11 is 11.6. The van der Waals surface area contributed by atoms with Gasteiger partial charge in [0.2, 0.25) is 50.1 Å². The largest absolute Gasteiger partial charge is 0.330 e. The van der Waals surface area contributed by atoms with Gasteiger partial charge in [0.15, 0.2) is 0 Å². The lowest BCUT2D eigenvalue weighted by atomic mass is 10.1. The summed E-state index contributed by atoms with van der Waals surface area (Å²) < 4.78 is 119. The molecule has 5 saturated heterocycles. The molecule has 1 aromatic carbocycles. The first-order valence-corrected chi connectivity index (χ1v) is 37.2. The number of aromatic nitrogens is 2. The van der Waals surface area contributed by atoms with Crippen LogP contribution in [-0.2, 0) is 56.5 Å². The van der Waals surface area contributed by atoms with E-state index in [0.29, 0.717) is 109 Å². The van der Waals surface area contributed by atoms with E-state index in [9.17, 15) is 42.1 Å². The maximum absolute atomic E-state index is 11.2. The summed E-state index contributed by atoms with van der Waals surface area (Å²) in [5.74, 6) is 0.699. The van der Waals surface area contributed by atoms with Crippen LogP contribution in [0.1, 0.15) is 37.1 Å². The molecular formula is C50H92Cl2N16O10S5. The molecule has 83 heavy (non-hydrogen) atoms. The highest BCUT2D eigenvalue weighted by molar-refractivity contribution is 7.89. The molecule has 1 aromatic heterocycles. The lowest BCUT2D eigenvalue weighted by Crippen LogP contribution is -2.48. The maximum Gasteiger partial charge on any atom is 0.211 e. The van der Waals surface area contributed by atoms with E-state index in [2.05, 4.69) is 60.2 Å². The normalized spacial score (nSPS) is 18.8. The molecule has 0 saturated carbocycles. The van der Waals surface area contributed by atoms with Crippen molar-refractivity contribution in [2.45, 2.75) is 32.1 Å². The van der Waals surface area contributed by atoms with E-state index in [1.807, 2.05) is 24.3 Å². The molecule has 0 spiro atoms. The highest BCUT2D eigenvalue weighted by atomic mass is 35.5. The number of sulfonamides is 5. The third-order valence-corrected chi connectivity index (χ3v) is 20.1. The number of nitriles is 2. The van der Waals surface area contributed by atoms with E-state index in [4.69, 9.17) is 45.2 Å². The molecule has 5 fully saturated rings. The minimum absolute atomic E-state index is 0.460. The Balaban J connectivity index is 0.000000496. The zero-order valence-electron chi connectivity index (χ0n) is 49.1. The van der Waals surface area contributed by atoms with Crippen LogP contribution in [0.5, 0.6) is 0 Å². The molecule has 33 heteroatoms. The van der Waals surface area contributed by atoms with Crippen LogP contribution in [0.4, 0.5) is 0 Å². The van der Waals surface area contributed by atoms with Crippen molar-refractivity contribution >= 4 is 73.3 Å². The summed E-state index contributed by atoms with van der Waals surface area (Å²) in [5, 5.41) is 21.0. The van der Waals surface area contributed by atoms with Crippen molar-refractivity contribution in [2.75, 3.05) is 201 Å². The van der Waals surface area contributed by atoms with E-state index in [0.717, 1.165) is 115 Å². The summed E-state index contributed by atoms with van der Waals surface area (Å²) in [4.78, 5) is 17.0. The Morgan fingerprint density at radius 1 is 0.518 bits per heavy atom. The first kappa shape index (κ1) is 77.9. The van der Waals surface area contributed by atoms with Crippen LogP contribution in [-0.4, -0.2) is 295 Å². The first-order valence-electron chi connectivity index (χ1n) is 27.2. The van der Waals surface area contributed by atoms with Crippen LogP contribution < -0.4 is 16.8 Å². The number of nitrogens with zero attached hydrogens (tertiary/aromatic N) is 13. The topological polar surface area (TPSA) is 337 Å². The van der Waals surface area contributed by atoms with Gasteiger partial charge in [-0.3, -0.25) is 9.80 Å². The molecule has 476 valence electrons. The van der Waals surface area contributed by atoms with Gasteiger partial charge in [0.25, 0.3) is 0 Å². The Bertz CT molecular complexity index is 2640. The molecule has 0 radical (unpaired) electrons. The fraction of sp³-hybridized carbons (Fsp3) is 0.720. The summed E-state index contributed by atoms with van der Waals surface area (Å²) in [6.07, 6.45) is 11.5. The average molecular weight is 1310 g/mol. The Hall–Kier alpha value is -3.13. The van der Waals surface area contributed by atoms with Gasteiger partial charge in [-0.15, -0.1) is 13.2 Å². The van der Waals surface area contributed by atoms with Crippen molar-refractivity contribution in [2.24, 2.45) is 11.5 Å². The SMILES string of the molecule is C=C.CS(=O)(=O)N1CCN(CCC#N)CC1.CS(=O)(=O)N1CCN(CCC#N)CC1.CS(=O)(=O)N1CCN(CCCN)CC1.CS(=O)(=O)N1CCN(CCCN)CC1.CS(=O)(=O)N1CCNCC1.Clc1cccc(Cc2nccc(Cl)n2)c1. The molecular weight excluding hydrogens is 1220 g/mol. The van der Waals surface area contributed by atoms with Crippen LogP contribution in [0.25, 0.3) is 0 Å². The summed E-state index contributed by atoms with van der Waals surface area (Å²) in [7, 11) is -15.0. The Morgan fingerprint density at radius 2 is 0.843 bits per heavy atom. The van der Waals surface area contributed by atoms with Gasteiger partial charge in [-0.2, -0.15) is 32.0 Å². The van der Waals surface area contributed by atoms with Crippen LogP contribution >= 0.6 is 23.2 Å². The van der Waals surface area contributed by atoms with E-state index >= 15 is 0 Å². The molecule has 2 aromatic rings. The third-order valence-electron chi connectivity index (χ3n) is 13.1. The van der Waals surface area contributed by atoms with E-state index < -0.39 is 50.1 Å². The van der Waals surface area contributed by atoms with Crippen molar-refractivity contribution in [3.05, 3.63) is 71.3 Å². The number of hydrogen-bond donors (Lipinski definition) is 3. The Kier molecular flexibility index (Phi) is 38.6. The number of hydrogen-bond acceptors (Lipinski definition) is 21. The van der Waals surface area contributed by atoms with Gasteiger partial charge < -0.3 is 26.6 Å². The van der Waals surface area contributed by atoms with Crippen molar-refractivity contribution in [3.8, 4) is 12.1 Å². The highest BCUT2D eigenvalue weighted by Gasteiger charge is 2.26. The second kappa shape index (κ2) is 41.1. The molecule has 0 unspecified atom stereocenters. The molecule has 0 atom stereocenters. The van der Waals surface area contributed by atoms with Gasteiger partial charge in [-0.1, -0.05) is 35.3 Å². The summed E-state index contributed by atoms with van der Waals surface area (Å²) in [6.45, 7) is 24.5. The van der Waals surface area contributed by atoms with Gasteiger partial charge in [-0.05, 0) is 62.8 Å². The van der Waals surface area contributed by atoms with Gasteiger partial charge in [0.1, 0.15) is 11.0 Å². The minimum Gasteiger partial charge on any atom is -0.330 e. The molecule has 5 aliphatic heterocycles. The number of nitrogens with one attached hydrogen (secondary N) is 1. The van der Waals surface area contributed by atoms with Gasteiger partial charge in [-0.25, -0.2) is 52.1 Å². The van der Waals surface area contributed by atoms with Gasteiger partial charge >= 0.3 is 0 Å². The Morgan fingerprint density at radius 3 is 1.12 bits per heavy atom. The molecule has 6 heterocycles. The predicted molar refractivity (Wildman–Crippen MR) is 331 cm³/mol. The van der Waals surface area contributed by atoms with E-state index in [1.54, 1.807) is 12.3 Å². The van der Waals surface area contributed by atoms with Crippen molar-refractivity contribution in [1.29, 1.82) is 10.5 Å². The quantitative estimate of drug-likeness (QED) is 0.136. The van der Waals surface area contributed by atoms with Crippen molar-refractivity contribution in [1.82, 2.24) is 56.4 Å².